The molecule has 3 rings (SSSR count). The van der Waals surface area contributed by atoms with Crippen LogP contribution in [-0.4, -0.2) is 26.2 Å². The summed E-state index contributed by atoms with van der Waals surface area (Å²) in [4.78, 5) is 10.5. The molecule has 2 aromatic rings. The third-order valence-corrected chi connectivity index (χ3v) is 3.38. The lowest BCUT2D eigenvalue weighted by Gasteiger charge is -2.26. The maximum atomic E-state index is 9.19. The third kappa shape index (κ3) is 1.46. The highest BCUT2D eigenvalue weighted by molar-refractivity contribution is 7.13. The van der Waals surface area contributed by atoms with Gasteiger partial charge >= 0.3 is 0 Å². The number of anilines is 1. The first-order valence-corrected chi connectivity index (χ1v) is 5.60. The second kappa shape index (κ2) is 3.23. The zero-order valence-electron chi connectivity index (χ0n) is 8.00. The lowest BCUT2D eigenvalue weighted by atomic mass is 10.4. The van der Waals surface area contributed by atoms with E-state index in [4.69, 9.17) is 0 Å². The molecule has 0 aromatic carbocycles. The van der Waals surface area contributed by atoms with Crippen LogP contribution in [0.25, 0.3) is 0 Å². The summed E-state index contributed by atoms with van der Waals surface area (Å²) in [6.45, 7) is 2.60. The van der Waals surface area contributed by atoms with Gasteiger partial charge in [0.05, 0.1) is 11.9 Å². The van der Waals surface area contributed by atoms with E-state index >= 15 is 0 Å². The molecule has 6 heteroatoms. The first-order valence-electron chi connectivity index (χ1n) is 4.72. The average molecular weight is 222 g/mol. The molecule has 0 bridgehead atoms. The average Bonchev–Trinajstić information content (AvgIpc) is 2.84. The van der Waals surface area contributed by atoms with Crippen LogP contribution in [0.4, 0.5) is 5.13 Å². The Kier molecular flexibility index (Phi) is 1.88. The fraction of sp³-hybridized carbons (Fsp3) is 0.333. The van der Waals surface area contributed by atoms with Crippen molar-refractivity contribution in [3.05, 3.63) is 23.6 Å². The molecule has 3 heterocycles. The van der Waals surface area contributed by atoms with Crippen LogP contribution >= 0.6 is 11.3 Å². The lowest BCUT2D eigenvalue weighted by Crippen LogP contribution is -2.33. The number of hydrogen-bond donors (Lipinski definition) is 1. The van der Waals surface area contributed by atoms with Gasteiger partial charge in [-0.2, -0.15) is 4.98 Å². The predicted octanol–water partition coefficient (Wildman–Crippen LogP) is 1.07. The highest BCUT2D eigenvalue weighted by Gasteiger charge is 2.18. The second-order valence-electron chi connectivity index (χ2n) is 3.45. The van der Waals surface area contributed by atoms with Crippen LogP contribution < -0.4 is 4.90 Å². The van der Waals surface area contributed by atoms with E-state index in [1.165, 1.54) is 11.3 Å². The molecular formula is C9H10N4OS. The Bertz CT molecular complexity index is 478. The SMILES string of the molecule is Oc1csc(N2CCn3ccnc3C2)n1. The number of thiazole rings is 1. The quantitative estimate of drug-likeness (QED) is 0.784. The minimum absolute atomic E-state index is 0.101. The van der Waals surface area contributed by atoms with Crippen molar-refractivity contribution in [2.45, 2.75) is 13.1 Å². The van der Waals surface area contributed by atoms with Gasteiger partial charge in [-0.3, -0.25) is 0 Å². The van der Waals surface area contributed by atoms with Crippen LogP contribution in [0, 0.1) is 0 Å². The molecule has 0 unspecified atom stereocenters. The Balaban J connectivity index is 1.87. The van der Waals surface area contributed by atoms with E-state index in [9.17, 15) is 5.11 Å². The van der Waals surface area contributed by atoms with Crippen molar-refractivity contribution in [2.75, 3.05) is 11.4 Å². The summed E-state index contributed by atoms with van der Waals surface area (Å²) >= 11 is 1.46. The van der Waals surface area contributed by atoms with Crippen molar-refractivity contribution in [2.24, 2.45) is 0 Å². The van der Waals surface area contributed by atoms with Gasteiger partial charge in [-0.05, 0) is 0 Å². The van der Waals surface area contributed by atoms with Gasteiger partial charge in [-0.15, -0.1) is 11.3 Å². The number of hydrogen-bond acceptors (Lipinski definition) is 5. The number of imidazole rings is 1. The third-order valence-electron chi connectivity index (χ3n) is 2.50. The van der Waals surface area contributed by atoms with E-state index in [-0.39, 0.29) is 5.88 Å². The molecule has 5 nitrogen and oxygen atoms in total. The van der Waals surface area contributed by atoms with Crippen molar-refractivity contribution >= 4 is 16.5 Å². The molecule has 0 saturated heterocycles. The minimum atomic E-state index is 0.101. The summed E-state index contributed by atoms with van der Waals surface area (Å²) in [5, 5.41) is 11.7. The van der Waals surface area contributed by atoms with E-state index in [0.717, 1.165) is 30.6 Å². The molecule has 0 amide bonds. The maximum Gasteiger partial charge on any atom is 0.223 e. The van der Waals surface area contributed by atoms with Gasteiger partial charge in [0.2, 0.25) is 5.88 Å². The van der Waals surface area contributed by atoms with E-state index in [1.807, 2.05) is 12.4 Å². The fourth-order valence-electron chi connectivity index (χ4n) is 1.74. The van der Waals surface area contributed by atoms with Crippen LogP contribution in [0.1, 0.15) is 5.82 Å². The van der Waals surface area contributed by atoms with Crippen molar-refractivity contribution in [1.82, 2.24) is 14.5 Å². The molecule has 1 aliphatic rings. The molecule has 0 atom stereocenters. The van der Waals surface area contributed by atoms with Crippen molar-refractivity contribution in [3.63, 3.8) is 0 Å². The zero-order valence-corrected chi connectivity index (χ0v) is 8.81. The van der Waals surface area contributed by atoms with E-state index in [0.29, 0.717) is 0 Å². The Labute approximate surface area is 90.6 Å². The van der Waals surface area contributed by atoms with E-state index < -0.39 is 0 Å². The van der Waals surface area contributed by atoms with Crippen molar-refractivity contribution < 1.29 is 5.11 Å². The molecule has 2 aromatic heterocycles. The largest absolute Gasteiger partial charge is 0.493 e. The van der Waals surface area contributed by atoms with Crippen LogP contribution in [-0.2, 0) is 13.1 Å². The predicted molar refractivity (Wildman–Crippen MR) is 57.1 cm³/mol. The Morgan fingerprint density at radius 2 is 2.33 bits per heavy atom. The summed E-state index contributed by atoms with van der Waals surface area (Å²) in [6.07, 6.45) is 3.81. The Morgan fingerprint density at radius 1 is 1.40 bits per heavy atom. The van der Waals surface area contributed by atoms with Crippen LogP contribution in [0.2, 0.25) is 0 Å². The molecule has 0 spiro atoms. The molecule has 1 aliphatic heterocycles. The summed E-state index contributed by atoms with van der Waals surface area (Å²) in [5.41, 5.74) is 0. The minimum Gasteiger partial charge on any atom is -0.493 e. The first-order chi connectivity index (χ1) is 7.33. The summed E-state index contributed by atoms with van der Waals surface area (Å²) < 4.78 is 2.14. The topological polar surface area (TPSA) is 54.2 Å². The summed E-state index contributed by atoms with van der Waals surface area (Å²) in [6, 6.07) is 0. The molecule has 15 heavy (non-hydrogen) atoms. The highest BCUT2D eigenvalue weighted by atomic mass is 32.1. The van der Waals surface area contributed by atoms with Gasteiger partial charge in [0, 0.05) is 25.5 Å². The number of nitrogens with zero attached hydrogens (tertiary/aromatic N) is 4. The standard InChI is InChI=1S/C9H10N4OS/c14-8-6-15-9(11-8)13-4-3-12-2-1-10-7(12)5-13/h1-2,6,14H,3-5H2. The summed E-state index contributed by atoms with van der Waals surface area (Å²) in [7, 11) is 0. The summed E-state index contributed by atoms with van der Waals surface area (Å²) in [5.74, 6) is 1.15. The fourth-order valence-corrected chi connectivity index (χ4v) is 2.45. The molecule has 1 N–H and O–H groups in total. The van der Waals surface area contributed by atoms with Gasteiger partial charge in [0.25, 0.3) is 0 Å². The Hall–Kier alpha value is -1.56. The molecule has 78 valence electrons. The van der Waals surface area contributed by atoms with Crippen LogP contribution in [0.3, 0.4) is 0 Å². The maximum absolute atomic E-state index is 9.19. The molecule has 0 fully saturated rings. The number of aromatic nitrogens is 3. The molecular weight excluding hydrogens is 212 g/mol. The zero-order chi connectivity index (χ0) is 10.3. The monoisotopic (exact) mass is 222 g/mol. The Morgan fingerprint density at radius 3 is 3.13 bits per heavy atom. The molecule has 0 radical (unpaired) electrons. The van der Waals surface area contributed by atoms with Gasteiger partial charge in [-0.1, -0.05) is 0 Å². The van der Waals surface area contributed by atoms with Crippen LogP contribution in [0.15, 0.2) is 17.8 Å². The molecule has 0 saturated carbocycles. The lowest BCUT2D eigenvalue weighted by molar-refractivity contribution is 0.456. The number of aromatic hydroxyl groups is 1. The smallest absolute Gasteiger partial charge is 0.223 e. The van der Waals surface area contributed by atoms with E-state index in [2.05, 4.69) is 19.4 Å². The van der Waals surface area contributed by atoms with Gasteiger partial charge in [0.15, 0.2) is 5.13 Å². The van der Waals surface area contributed by atoms with Crippen LogP contribution in [0.5, 0.6) is 5.88 Å². The van der Waals surface area contributed by atoms with Gasteiger partial charge in [0.1, 0.15) is 5.82 Å². The van der Waals surface area contributed by atoms with Gasteiger partial charge < -0.3 is 14.6 Å². The normalized spacial score (nSPS) is 15.3. The van der Waals surface area contributed by atoms with Crippen molar-refractivity contribution in [3.8, 4) is 5.88 Å². The first kappa shape index (κ1) is 8.72. The number of fused-ring (bicyclic) bond motifs is 1. The number of rotatable bonds is 1. The van der Waals surface area contributed by atoms with Gasteiger partial charge in [-0.25, -0.2) is 4.98 Å². The highest BCUT2D eigenvalue weighted by Crippen LogP contribution is 2.26. The molecule has 0 aliphatic carbocycles. The van der Waals surface area contributed by atoms with Crippen molar-refractivity contribution in [1.29, 1.82) is 0 Å². The van der Waals surface area contributed by atoms with E-state index in [1.54, 1.807) is 5.38 Å². The second-order valence-corrected chi connectivity index (χ2v) is 4.28.